The van der Waals surface area contributed by atoms with E-state index in [2.05, 4.69) is 4.72 Å². The van der Waals surface area contributed by atoms with E-state index >= 15 is 0 Å². The zero-order valence-corrected chi connectivity index (χ0v) is 9.74. The minimum Gasteiger partial charge on any atom is -0.394 e. The number of aryl methyl sites for hydroxylation is 1. The van der Waals surface area contributed by atoms with E-state index in [4.69, 9.17) is 10.2 Å². The van der Waals surface area contributed by atoms with Gasteiger partial charge in [0.1, 0.15) is 0 Å². The van der Waals surface area contributed by atoms with Gasteiger partial charge in [0.05, 0.1) is 17.6 Å². The fourth-order valence-electron chi connectivity index (χ4n) is 1.21. The summed E-state index contributed by atoms with van der Waals surface area (Å²) in [7, 11) is -3.62. The minimum atomic E-state index is -3.62. The molecular formula is C10H15NO4S. The van der Waals surface area contributed by atoms with Crippen LogP contribution in [0.1, 0.15) is 5.56 Å². The van der Waals surface area contributed by atoms with Crippen molar-refractivity contribution in [3.8, 4) is 0 Å². The van der Waals surface area contributed by atoms with Crippen LogP contribution in [0.4, 0.5) is 0 Å². The van der Waals surface area contributed by atoms with Crippen molar-refractivity contribution in [3.05, 3.63) is 29.8 Å². The summed E-state index contributed by atoms with van der Waals surface area (Å²) in [5.74, 6) is 0. The summed E-state index contributed by atoms with van der Waals surface area (Å²) in [6.07, 6.45) is -1.08. The van der Waals surface area contributed by atoms with Gasteiger partial charge in [0.2, 0.25) is 10.0 Å². The molecule has 0 fully saturated rings. The van der Waals surface area contributed by atoms with Crippen LogP contribution in [-0.2, 0) is 10.0 Å². The van der Waals surface area contributed by atoms with Gasteiger partial charge in [-0.25, -0.2) is 13.1 Å². The zero-order valence-electron chi connectivity index (χ0n) is 8.92. The van der Waals surface area contributed by atoms with Gasteiger partial charge in [-0.3, -0.25) is 0 Å². The summed E-state index contributed by atoms with van der Waals surface area (Å²) >= 11 is 0. The first kappa shape index (κ1) is 13.1. The largest absolute Gasteiger partial charge is 0.394 e. The molecule has 90 valence electrons. The van der Waals surface area contributed by atoms with Crippen LogP contribution in [0.2, 0.25) is 0 Å². The van der Waals surface area contributed by atoms with E-state index in [0.717, 1.165) is 0 Å². The number of hydrogen-bond acceptors (Lipinski definition) is 4. The van der Waals surface area contributed by atoms with Crippen LogP contribution in [0.5, 0.6) is 0 Å². The normalized spacial score (nSPS) is 13.7. The molecule has 0 aliphatic rings. The van der Waals surface area contributed by atoms with Crippen molar-refractivity contribution < 1.29 is 18.6 Å². The summed E-state index contributed by atoms with van der Waals surface area (Å²) in [6, 6.07) is 6.56. The molecule has 0 saturated heterocycles. The monoisotopic (exact) mass is 245 g/mol. The van der Waals surface area contributed by atoms with Gasteiger partial charge in [-0.2, -0.15) is 0 Å². The number of aliphatic hydroxyl groups excluding tert-OH is 2. The highest BCUT2D eigenvalue weighted by atomic mass is 32.2. The molecule has 0 bridgehead atoms. The van der Waals surface area contributed by atoms with E-state index in [1.165, 1.54) is 6.07 Å². The molecule has 1 rings (SSSR count). The molecule has 0 radical (unpaired) electrons. The van der Waals surface area contributed by atoms with Gasteiger partial charge in [-0.05, 0) is 18.6 Å². The average Bonchev–Trinajstić information content (AvgIpc) is 2.26. The van der Waals surface area contributed by atoms with Gasteiger partial charge < -0.3 is 10.2 Å². The Labute approximate surface area is 94.8 Å². The van der Waals surface area contributed by atoms with E-state index < -0.39 is 22.7 Å². The topological polar surface area (TPSA) is 86.6 Å². The van der Waals surface area contributed by atoms with Crippen LogP contribution in [0.15, 0.2) is 29.2 Å². The third kappa shape index (κ3) is 3.28. The summed E-state index contributed by atoms with van der Waals surface area (Å²) < 4.78 is 25.8. The lowest BCUT2D eigenvalue weighted by Gasteiger charge is -2.11. The molecule has 1 unspecified atom stereocenters. The quantitative estimate of drug-likeness (QED) is 0.660. The Kier molecular flexibility index (Phi) is 4.43. The van der Waals surface area contributed by atoms with Crippen molar-refractivity contribution >= 4 is 10.0 Å². The number of aliphatic hydroxyl groups is 2. The maximum Gasteiger partial charge on any atom is 0.240 e. The Morgan fingerprint density at radius 1 is 1.38 bits per heavy atom. The molecule has 5 nitrogen and oxygen atoms in total. The Morgan fingerprint density at radius 3 is 2.56 bits per heavy atom. The molecule has 0 spiro atoms. The van der Waals surface area contributed by atoms with Crippen LogP contribution < -0.4 is 4.72 Å². The lowest BCUT2D eigenvalue weighted by molar-refractivity contribution is 0.0988. The summed E-state index contributed by atoms with van der Waals surface area (Å²) in [6.45, 7) is 1.01. The van der Waals surface area contributed by atoms with Crippen LogP contribution in [0, 0.1) is 6.92 Å². The van der Waals surface area contributed by atoms with E-state index in [1.54, 1.807) is 25.1 Å². The number of sulfonamides is 1. The Morgan fingerprint density at radius 2 is 2.00 bits per heavy atom. The third-order valence-electron chi connectivity index (χ3n) is 2.10. The van der Waals surface area contributed by atoms with Crippen molar-refractivity contribution in [1.29, 1.82) is 0 Å². The standard InChI is InChI=1S/C10H15NO4S/c1-8-4-2-3-5-10(8)16(14,15)11-6-9(13)7-12/h2-5,9,11-13H,6-7H2,1H3. The fraction of sp³-hybridized carbons (Fsp3) is 0.400. The molecular weight excluding hydrogens is 230 g/mol. The molecule has 3 N–H and O–H groups in total. The van der Waals surface area contributed by atoms with Gasteiger partial charge in [0.15, 0.2) is 0 Å². The van der Waals surface area contributed by atoms with E-state index in [9.17, 15) is 8.42 Å². The summed E-state index contributed by atoms with van der Waals surface area (Å²) in [4.78, 5) is 0.181. The van der Waals surface area contributed by atoms with Crippen LogP contribution in [-0.4, -0.2) is 37.9 Å². The lowest BCUT2D eigenvalue weighted by Crippen LogP contribution is -2.34. The molecule has 0 amide bonds. The highest BCUT2D eigenvalue weighted by molar-refractivity contribution is 7.89. The first-order chi connectivity index (χ1) is 7.47. The van der Waals surface area contributed by atoms with Gasteiger partial charge in [0.25, 0.3) is 0 Å². The van der Waals surface area contributed by atoms with Crippen LogP contribution in [0.3, 0.4) is 0 Å². The molecule has 1 atom stereocenters. The highest BCUT2D eigenvalue weighted by Crippen LogP contribution is 2.13. The zero-order chi connectivity index (χ0) is 12.2. The van der Waals surface area contributed by atoms with Crippen molar-refractivity contribution in [1.82, 2.24) is 4.72 Å². The van der Waals surface area contributed by atoms with E-state index in [-0.39, 0.29) is 11.4 Å². The van der Waals surface area contributed by atoms with Crippen LogP contribution >= 0.6 is 0 Å². The van der Waals surface area contributed by atoms with Crippen molar-refractivity contribution in [3.63, 3.8) is 0 Å². The SMILES string of the molecule is Cc1ccccc1S(=O)(=O)NCC(O)CO. The number of hydrogen-bond donors (Lipinski definition) is 3. The fourth-order valence-corrected chi connectivity index (χ4v) is 2.52. The Hall–Kier alpha value is -0.950. The van der Waals surface area contributed by atoms with Crippen LogP contribution in [0.25, 0.3) is 0 Å². The van der Waals surface area contributed by atoms with Crippen molar-refractivity contribution in [2.45, 2.75) is 17.9 Å². The Bertz CT molecular complexity index is 444. The summed E-state index contributed by atoms with van der Waals surface area (Å²) in [5, 5.41) is 17.6. The van der Waals surface area contributed by atoms with Gasteiger partial charge in [-0.15, -0.1) is 0 Å². The number of nitrogens with one attached hydrogen (secondary N) is 1. The van der Waals surface area contributed by atoms with E-state index in [1.807, 2.05) is 0 Å². The third-order valence-corrected chi connectivity index (χ3v) is 3.69. The molecule has 16 heavy (non-hydrogen) atoms. The molecule has 0 heterocycles. The molecule has 1 aromatic rings. The van der Waals surface area contributed by atoms with Gasteiger partial charge in [0, 0.05) is 6.54 Å². The first-order valence-corrected chi connectivity index (χ1v) is 6.30. The predicted molar refractivity (Wildman–Crippen MR) is 59.5 cm³/mol. The number of rotatable bonds is 5. The van der Waals surface area contributed by atoms with E-state index in [0.29, 0.717) is 5.56 Å². The maximum absolute atomic E-state index is 11.8. The maximum atomic E-state index is 11.8. The second kappa shape index (κ2) is 5.40. The molecule has 0 saturated carbocycles. The highest BCUT2D eigenvalue weighted by Gasteiger charge is 2.16. The minimum absolute atomic E-state index is 0.181. The number of benzene rings is 1. The first-order valence-electron chi connectivity index (χ1n) is 4.81. The molecule has 1 aromatic carbocycles. The van der Waals surface area contributed by atoms with Crippen molar-refractivity contribution in [2.24, 2.45) is 0 Å². The second-order valence-electron chi connectivity index (χ2n) is 3.45. The summed E-state index contributed by atoms with van der Waals surface area (Å²) in [5.41, 5.74) is 0.633. The van der Waals surface area contributed by atoms with Crippen molar-refractivity contribution in [2.75, 3.05) is 13.2 Å². The average molecular weight is 245 g/mol. The smallest absolute Gasteiger partial charge is 0.240 e. The molecule has 0 aliphatic carbocycles. The van der Waals surface area contributed by atoms with Gasteiger partial charge in [-0.1, -0.05) is 18.2 Å². The second-order valence-corrected chi connectivity index (χ2v) is 5.19. The van der Waals surface area contributed by atoms with Gasteiger partial charge >= 0.3 is 0 Å². The predicted octanol–water partition coefficient (Wildman–Crippen LogP) is -0.373. The molecule has 6 heteroatoms. The molecule has 0 aromatic heterocycles. The lowest BCUT2D eigenvalue weighted by atomic mass is 10.2. The Balaban J connectivity index is 2.83. The molecule has 0 aliphatic heterocycles.